The highest BCUT2D eigenvalue weighted by Crippen LogP contribution is 2.35. The molecular formula is C15H11ClO3S. The Morgan fingerprint density at radius 1 is 0.950 bits per heavy atom. The summed E-state index contributed by atoms with van der Waals surface area (Å²) in [5, 5.41) is 1.91. The highest BCUT2D eigenvalue weighted by Gasteiger charge is 2.11. The Kier molecular flexibility index (Phi) is 3.28. The third kappa shape index (κ3) is 2.01. The van der Waals surface area contributed by atoms with Crippen molar-refractivity contribution in [3.05, 3.63) is 45.6 Å². The zero-order valence-electron chi connectivity index (χ0n) is 10.9. The fourth-order valence-electron chi connectivity index (χ4n) is 2.15. The zero-order valence-corrected chi connectivity index (χ0v) is 12.5. The summed E-state index contributed by atoms with van der Waals surface area (Å²) in [5.74, 6) is 1.16. The van der Waals surface area contributed by atoms with E-state index in [0.717, 1.165) is 9.40 Å². The van der Waals surface area contributed by atoms with Crippen LogP contribution in [-0.4, -0.2) is 14.2 Å². The topological polar surface area (TPSA) is 35.5 Å². The van der Waals surface area contributed by atoms with Gasteiger partial charge in [-0.05, 0) is 24.3 Å². The minimum Gasteiger partial charge on any atom is -0.493 e. The van der Waals surface area contributed by atoms with Gasteiger partial charge in [0.1, 0.15) is 0 Å². The molecule has 1 heterocycles. The van der Waals surface area contributed by atoms with Gasteiger partial charge in [0, 0.05) is 31.3 Å². The van der Waals surface area contributed by atoms with Gasteiger partial charge >= 0.3 is 0 Å². The van der Waals surface area contributed by atoms with Gasteiger partial charge in [0.15, 0.2) is 16.9 Å². The van der Waals surface area contributed by atoms with Crippen molar-refractivity contribution in [3.8, 4) is 11.5 Å². The van der Waals surface area contributed by atoms with Crippen molar-refractivity contribution >= 4 is 43.1 Å². The number of ether oxygens (including phenoxy) is 2. The average Bonchev–Trinajstić information content (AvgIpc) is 2.46. The maximum Gasteiger partial charge on any atom is 0.196 e. The fraction of sp³-hybridized carbons (Fsp3) is 0.133. The largest absolute Gasteiger partial charge is 0.493 e. The molecule has 2 aromatic carbocycles. The van der Waals surface area contributed by atoms with Crippen molar-refractivity contribution in [3.63, 3.8) is 0 Å². The van der Waals surface area contributed by atoms with Gasteiger partial charge < -0.3 is 9.47 Å². The van der Waals surface area contributed by atoms with Crippen LogP contribution in [0.3, 0.4) is 0 Å². The summed E-state index contributed by atoms with van der Waals surface area (Å²) in [6, 6.07) is 8.83. The lowest BCUT2D eigenvalue weighted by molar-refractivity contribution is 0.356. The van der Waals surface area contributed by atoms with E-state index in [1.54, 1.807) is 38.5 Å². The molecule has 0 saturated carbocycles. The van der Waals surface area contributed by atoms with Crippen molar-refractivity contribution in [2.75, 3.05) is 14.2 Å². The molecule has 20 heavy (non-hydrogen) atoms. The van der Waals surface area contributed by atoms with Crippen LogP contribution in [0.4, 0.5) is 0 Å². The fourth-order valence-corrected chi connectivity index (χ4v) is 3.51. The number of hydrogen-bond donors (Lipinski definition) is 0. The Balaban J connectivity index is 2.46. The van der Waals surface area contributed by atoms with Gasteiger partial charge in [-0.25, -0.2) is 0 Å². The summed E-state index contributed by atoms with van der Waals surface area (Å²) >= 11 is 7.50. The Morgan fingerprint density at radius 2 is 1.60 bits per heavy atom. The third-order valence-electron chi connectivity index (χ3n) is 3.14. The lowest BCUT2D eigenvalue weighted by atomic mass is 10.1. The molecule has 0 atom stereocenters. The van der Waals surface area contributed by atoms with Gasteiger partial charge in [0.25, 0.3) is 0 Å². The smallest absolute Gasteiger partial charge is 0.196 e. The SMILES string of the molecule is COc1cc2sc3cc(Cl)ccc3c(=O)c2cc1OC. The molecule has 3 aromatic rings. The first kappa shape index (κ1) is 13.2. The van der Waals surface area contributed by atoms with E-state index < -0.39 is 0 Å². The van der Waals surface area contributed by atoms with Crippen molar-refractivity contribution in [1.82, 2.24) is 0 Å². The van der Waals surface area contributed by atoms with E-state index in [4.69, 9.17) is 21.1 Å². The molecule has 0 aliphatic rings. The van der Waals surface area contributed by atoms with Gasteiger partial charge in [-0.1, -0.05) is 11.6 Å². The molecule has 0 bridgehead atoms. The molecule has 0 radical (unpaired) electrons. The quantitative estimate of drug-likeness (QED) is 0.669. The van der Waals surface area contributed by atoms with Gasteiger partial charge in [-0.3, -0.25) is 4.79 Å². The van der Waals surface area contributed by atoms with E-state index in [2.05, 4.69) is 0 Å². The molecule has 0 fully saturated rings. The molecule has 102 valence electrons. The van der Waals surface area contributed by atoms with Crippen molar-refractivity contribution in [2.45, 2.75) is 0 Å². The molecule has 0 spiro atoms. The van der Waals surface area contributed by atoms with Gasteiger partial charge in [-0.15, -0.1) is 11.3 Å². The van der Waals surface area contributed by atoms with Crippen LogP contribution in [0.25, 0.3) is 20.2 Å². The van der Waals surface area contributed by atoms with Crippen molar-refractivity contribution < 1.29 is 9.47 Å². The standard InChI is InChI=1S/C15H11ClO3S/c1-18-11-6-10-14(7-12(11)19-2)20-13-5-8(16)3-4-9(13)15(10)17/h3-7H,1-2H3. The summed E-state index contributed by atoms with van der Waals surface area (Å²) in [7, 11) is 3.13. The minimum absolute atomic E-state index is 0.0219. The molecule has 0 unspecified atom stereocenters. The predicted octanol–water partition coefficient (Wildman–Crippen LogP) is 4.09. The number of halogens is 1. The Morgan fingerprint density at radius 3 is 2.30 bits per heavy atom. The predicted molar refractivity (Wildman–Crippen MR) is 83.7 cm³/mol. The van der Waals surface area contributed by atoms with Gasteiger partial charge in [0.2, 0.25) is 0 Å². The zero-order chi connectivity index (χ0) is 14.3. The summed E-state index contributed by atoms with van der Waals surface area (Å²) < 4.78 is 12.2. The van der Waals surface area contributed by atoms with E-state index in [0.29, 0.717) is 27.3 Å². The molecule has 5 heteroatoms. The minimum atomic E-state index is -0.0219. The van der Waals surface area contributed by atoms with Crippen LogP contribution < -0.4 is 14.9 Å². The van der Waals surface area contributed by atoms with E-state index in [9.17, 15) is 4.79 Å². The van der Waals surface area contributed by atoms with Crippen LogP contribution in [0.15, 0.2) is 35.1 Å². The second kappa shape index (κ2) is 4.96. The molecule has 1 aromatic heterocycles. The average molecular weight is 307 g/mol. The number of hydrogen-bond acceptors (Lipinski definition) is 4. The number of methoxy groups -OCH3 is 2. The maximum absolute atomic E-state index is 12.5. The second-order valence-corrected chi connectivity index (χ2v) is 5.80. The van der Waals surface area contributed by atoms with Crippen LogP contribution in [-0.2, 0) is 0 Å². The highest BCUT2D eigenvalue weighted by atomic mass is 35.5. The first-order chi connectivity index (χ1) is 9.63. The second-order valence-electron chi connectivity index (χ2n) is 4.28. The van der Waals surface area contributed by atoms with Gasteiger partial charge in [0.05, 0.1) is 14.2 Å². The van der Waals surface area contributed by atoms with Crippen LogP contribution in [0.5, 0.6) is 11.5 Å². The summed E-state index contributed by atoms with van der Waals surface area (Å²) in [6.45, 7) is 0. The molecule has 0 aliphatic heterocycles. The van der Waals surface area contributed by atoms with Crippen molar-refractivity contribution in [2.24, 2.45) is 0 Å². The molecule has 0 saturated heterocycles. The lowest BCUT2D eigenvalue weighted by Gasteiger charge is -2.09. The van der Waals surface area contributed by atoms with E-state index in [-0.39, 0.29) is 5.43 Å². The summed E-state index contributed by atoms with van der Waals surface area (Å²) in [4.78, 5) is 12.5. The molecule has 3 nitrogen and oxygen atoms in total. The van der Waals surface area contributed by atoms with Crippen LogP contribution in [0.1, 0.15) is 0 Å². The summed E-state index contributed by atoms with van der Waals surface area (Å²) in [6.07, 6.45) is 0. The van der Waals surface area contributed by atoms with Crippen LogP contribution in [0.2, 0.25) is 5.02 Å². The monoisotopic (exact) mass is 306 g/mol. The number of fused-ring (bicyclic) bond motifs is 2. The van der Waals surface area contributed by atoms with E-state index >= 15 is 0 Å². The Bertz CT molecular complexity index is 870. The number of benzene rings is 2. The highest BCUT2D eigenvalue weighted by molar-refractivity contribution is 7.24. The molecule has 3 rings (SSSR count). The molecule has 0 N–H and O–H groups in total. The first-order valence-electron chi connectivity index (χ1n) is 5.92. The normalized spacial score (nSPS) is 10.9. The number of rotatable bonds is 2. The molecule has 0 aliphatic carbocycles. The Labute approximate surface area is 124 Å². The van der Waals surface area contributed by atoms with E-state index in [1.807, 2.05) is 6.07 Å². The van der Waals surface area contributed by atoms with Crippen molar-refractivity contribution in [1.29, 1.82) is 0 Å². The van der Waals surface area contributed by atoms with Crippen LogP contribution in [0, 0.1) is 0 Å². The lowest BCUT2D eigenvalue weighted by Crippen LogP contribution is -2.02. The third-order valence-corrected chi connectivity index (χ3v) is 4.49. The van der Waals surface area contributed by atoms with Gasteiger partial charge in [-0.2, -0.15) is 0 Å². The van der Waals surface area contributed by atoms with E-state index in [1.165, 1.54) is 11.3 Å². The van der Waals surface area contributed by atoms with Crippen LogP contribution >= 0.6 is 22.9 Å². The molecular weight excluding hydrogens is 296 g/mol. The Hall–Kier alpha value is -1.78. The molecule has 0 amide bonds. The summed E-state index contributed by atoms with van der Waals surface area (Å²) in [5.41, 5.74) is -0.0219. The maximum atomic E-state index is 12.5. The first-order valence-corrected chi connectivity index (χ1v) is 7.11.